The van der Waals surface area contributed by atoms with E-state index in [4.69, 9.17) is 10.2 Å². The molecule has 0 bridgehead atoms. The summed E-state index contributed by atoms with van der Waals surface area (Å²) in [5.41, 5.74) is 0.683. The number of guanidine groups is 1. The first kappa shape index (κ1) is 17.4. The van der Waals surface area contributed by atoms with Crippen LogP contribution in [0.15, 0.2) is 34.4 Å². The summed E-state index contributed by atoms with van der Waals surface area (Å²) in [7, 11) is 0. The van der Waals surface area contributed by atoms with E-state index in [1.807, 2.05) is 0 Å². The predicted molar refractivity (Wildman–Crippen MR) is 90.5 cm³/mol. The zero-order chi connectivity index (χ0) is 14.4. The highest BCUT2D eigenvalue weighted by molar-refractivity contribution is 14.0. The van der Waals surface area contributed by atoms with Gasteiger partial charge in [-0.15, -0.1) is 24.0 Å². The van der Waals surface area contributed by atoms with Gasteiger partial charge in [0.05, 0.1) is 31.5 Å². The van der Waals surface area contributed by atoms with Gasteiger partial charge < -0.3 is 15.5 Å². The number of benzene rings is 1. The van der Waals surface area contributed by atoms with E-state index in [1.54, 1.807) is 18.2 Å². The number of aromatic carboxylic acids is 1. The van der Waals surface area contributed by atoms with Crippen molar-refractivity contribution >= 4 is 42.1 Å². The number of nitrogens with zero attached hydrogens (tertiary/aromatic N) is 3. The van der Waals surface area contributed by atoms with Gasteiger partial charge in [-0.1, -0.05) is 18.2 Å². The molecule has 21 heavy (non-hydrogen) atoms. The average Bonchev–Trinajstić information content (AvgIpc) is 2.97. The van der Waals surface area contributed by atoms with Crippen LogP contribution in [-0.2, 0) is 0 Å². The molecule has 1 aliphatic heterocycles. The van der Waals surface area contributed by atoms with Crippen molar-refractivity contribution in [3.8, 4) is 0 Å². The number of nitrogens with one attached hydrogen (secondary N) is 1. The number of carboxylic acid groups (broad SMARTS) is 1. The van der Waals surface area contributed by atoms with Crippen LogP contribution in [0.3, 0.4) is 0 Å². The summed E-state index contributed by atoms with van der Waals surface area (Å²) >= 11 is 0. The number of aliphatic hydroxyl groups excluding tert-OH is 1. The molecule has 1 aliphatic rings. The quantitative estimate of drug-likeness (QED) is 0.379. The molecule has 0 spiro atoms. The number of hydrogen-bond acceptors (Lipinski definition) is 6. The summed E-state index contributed by atoms with van der Waals surface area (Å²) in [4.78, 5) is 15.3. The maximum absolute atomic E-state index is 11.1. The molecule has 0 saturated heterocycles. The average molecular weight is 404 g/mol. The van der Waals surface area contributed by atoms with E-state index in [2.05, 4.69) is 15.4 Å². The molecule has 1 aromatic carbocycles. The molecule has 7 nitrogen and oxygen atoms in total. The highest BCUT2D eigenvalue weighted by Gasteiger charge is 2.13. The minimum Gasteiger partial charge on any atom is -0.478 e. The molecule has 2 rings (SSSR count). The summed E-state index contributed by atoms with van der Waals surface area (Å²) in [6.07, 6.45) is 1.46. The molecule has 3 N–H and O–H groups in total. The van der Waals surface area contributed by atoms with Gasteiger partial charge in [0.15, 0.2) is 0 Å². The van der Waals surface area contributed by atoms with E-state index in [9.17, 15) is 4.79 Å². The van der Waals surface area contributed by atoms with Gasteiger partial charge in [0.25, 0.3) is 0 Å². The highest BCUT2D eigenvalue weighted by atomic mass is 127. The number of carbonyl (C=O) groups is 1. The van der Waals surface area contributed by atoms with Crippen LogP contribution in [-0.4, -0.2) is 59.6 Å². The van der Waals surface area contributed by atoms with E-state index >= 15 is 0 Å². The van der Waals surface area contributed by atoms with Crippen molar-refractivity contribution < 1.29 is 15.0 Å². The number of aliphatic imine (C=N–C) groups is 1. The second kappa shape index (κ2) is 8.57. The van der Waals surface area contributed by atoms with Gasteiger partial charge in [-0.2, -0.15) is 5.10 Å². The molecule has 1 aromatic rings. The van der Waals surface area contributed by atoms with Crippen LogP contribution in [0.5, 0.6) is 0 Å². The van der Waals surface area contributed by atoms with E-state index in [-0.39, 0.29) is 42.7 Å². The molecule has 0 amide bonds. The van der Waals surface area contributed by atoms with Crippen molar-refractivity contribution in [3.05, 3.63) is 35.4 Å². The Balaban J connectivity index is 0.00000220. The Hall–Kier alpha value is -1.68. The van der Waals surface area contributed by atoms with Gasteiger partial charge in [0.2, 0.25) is 5.96 Å². The van der Waals surface area contributed by atoms with Crippen molar-refractivity contribution in [2.75, 3.05) is 26.2 Å². The summed E-state index contributed by atoms with van der Waals surface area (Å²) in [5, 5.41) is 26.9. The maximum Gasteiger partial charge on any atom is 0.336 e. The van der Waals surface area contributed by atoms with Crippen LogP contribution in [0.4, 0.5) is 0 Å². The van der Waals surface area contributed by atoms with Crippen molar-refractivity contribution in [3.63, 3.8) is 0 Å². The summed E-state index contributed by atoms with van der Waals surface area (Å²) in [6, 6.07) is 6.60. The number of hydrazone groups is 1. The summed E-state index contributed by atoms with van der Waals surface area (Å²) < 4.78 is 0. The Morgan fingerprint density at radius 3 is 2.86 bits per heavy atom. The molecule has 0 radical (unpaired) electrons. The number of halogens is 1. The Morgan fingerprint density at radius 2 is 2.24 bits per heavy atom. The third-order valence-corrected chi connectivity index (χ3v) is 2.74. The lowest BCUT2D eigenvalue weighted by atomic mass is 10.1. The fourth-order valence-electron chi connectivity index (χ4n) is 1.81. The maximum atomic E-state index is 11.1. The molecular formula is C13H17IN4O3. The standard InChI is InChI=1S/C13H16N4O3.HI/c18-8-7-17(13-14-5-6-15-13)16-9-10-3-1-2-4-11(10)12(19)20;/h1-4,9,18H,5-8H2,(H,14,15)(H,19,20);1H/b16-9-;. The first-order valence-corrected chi connectivity index (χ1v) is 6.25. The van der Waals surface area contributed by atoms with E-state index in [1.165, 1.54) is 17.3 Å². The van der Waals surface area contributed by atoms with E-state index in [0.29, 0.717) is 18.1 Å². The van der Waals surface area contributed by atoms with Crippen LogP contribution in [0.25, 0.3) is 0 Å². The first-order valence-electron chi connectivity index (χ1n) is 6.25. The Morgan fingerprint density at radius 1 is 1.48 bits per heavy atom. The number of rotatable bonds is 5. The smallest absolute Gasteiger partial charge is 0.336 e. The Labute approximate surface area is 139 Å². The molecule has 0 fully saturated rings. The fourth-order valence-corrected chi connectivity index (χ4v) is 1.81. The zero-order valence-electron chi connectivity index (χ0n) is 11.3. The number of aliphatic hydroxyl groups is 1. The predicted octanol–water partition coefficient (Wildman–Crippen LogP) is 0.590. The van der Waals surface area contributed by atoms with Crippen molar-refractivity contribution in [2.45, 2.75) is 0 Å². The van der Waals surface area contributed by atoms with Crippen LogP contribution in [0.1, 0.15) is 15.9 Å². The fraction of sp³-hybridized carbons (Fsp3) is 0.308. The highest BCUT2D eigenvalue weighted by Crippen LogP contribution is 2.07. The molecule has 114 valence electrons. The molecule has 0 atom stereocenters. The second-order valence-electron chi connectivity index (χ2n) is 4.12. The van der Waals surface area contributed by atoms with Crippen molar-refractivity contribution in [1.82, 2.24) is 10.3 Å². The monoisotopic (exact) mass is 404 g/mol. The number of hydrogen-bond donors (Lipinski definition) is 3. The van der Waals surface area contributed by atoms with Crippen molar-refractivity contribution in [2.24, 2.45) is 10.1 Å². The van der Waals surface area contributed by atoms with Gasteiger partial charge in [0.1, 0.15) is 0 Å². The number of carboxylic acids is 1. The molecule has 0 unspecified atom stereocenters. The van der Waals surface area contributed by atoms with E-state index in [0.717, 1.165) is 6.54 Å². The molecule has 1 heterocycles. The topological polar surface area (TPSA) is 97.5 Å². The van der Waals surface area contributed by atoms with Crippen LogP contribution in [0.2, 0.25) is 0 Å². The first-order chi connectivity index (χ1) is 9.72. The van der Waals surface area contributed by atoms with Crippen LogP contribution < -0.4 is 5.32 Å². The van der Waals surface area contributed by atoms with Crippen molar-refractivity contribution in [1.29, 1.82) is 0 Å². The molecule has 0 aliphatic carbocycles. The van der Waals surface area contributed by atoms with Gasteiger partial charge in [-0.3, -0.25) is 0 Å². The Kier molecular flexibility index (Phi) is 7.09. The largest absolute Gasteiger partial charge is 0.478 e. The molecule has 0 saturated carbocycles. The third-order valence-electron chi connectivity index (χ3n) is 2.74. The summed E-state index contributed by atoms with van der Waals surface area (Å²) in [6.45, 7) is 1.62. The molecule has 0 aromatic heterocycles. The molecule has 8 heteroatoms. The van der Waals surface area contributed by atoms with Crippen LogP contribution in [0, 0.1) is 0 Å². The van der Waals surface area contributed by atoms with Gasteiger partial charge >= 0.3 is 5.97 Å². The minimum atomic E-state index is -1.00. The van der Waals surface area contributed by atoms with E-state index < -0.39 is 5.97 Å². The van der Waals surface area contributed by atoms with Gasteiger partial charge in [0, 0.05) is 12.1 Å². The Bertz CT molecular complexity index is 548. The summed E-state index contributed by atoms with van der Waals surface area (Å²) in [5.74, 6) is -0.416. The minimum absolute atomic E-state index is 0. The zero-order valence-corrected chi connectivity index (χ0v) is 13.6. The van der Waals surface area contributed by atoms with Gasteiger partial charge in [-0.25, -0.2) is 14.8 Å². The second-order valence-corrected chi connectivity index (χ2v) is 4.12. The normalized spacial score (nSPS) is 13.5. The lowest BCUT2D eigenvalue weighted by Crippen LogP contribution is -2.36. The van der Waals surface area contributed by atoms with Gasteiger partial charge in [-0.05, 0) is 6.07 Å². The lowest BCUT2D eigenvalue weighted by molar-refractivity contribution is 0.0696. The lowest BCUT2D eigenvalue weighted by Gasteiger charge is -2.17. The SMILES string of the molecule is I.O=C(O)c1ccccc1/C=N\N(CCO)C1=NCCN1. The third kappa shape index (κ3) is 4.67. The van der Waals surface area contributed by atoms with Crippen LogP contribution >= 0.6 is 24.0 Å². The molecular weight excluding hydrogens is 387 g/mol.